The van der Waals surface area contributed by atoms with Crippen molar-refractivity contribution in [2.45, 2.75) is 58.2 Å². The summed E-state index contributed by atoms with van der Waals surface area (Å²) in [5.74, 6) is 0.456. The number of piperidine rings is 1. The van der Waals surface area contributed by atoms with E-state index >= 15 is 0 Å². The molecule has 128 valence electrons. The Morgan fingerprint density at radius 1 is 1.22 bits per heavy atom. The first-order chi connectivity index (χ1) is 11.0. The summed E-state index contributed by atoms with van der Waals surface area (Å²) in [6.45, 7) is 8.47. The number of likely N-dealkylation sites (tertiary alicyclic amines) is 1. The molecule has 0 aliphatic carbocycles. The van der Waals surface area contributed by atoms with Gasteiger partial charge in [0.2, 0.25) is 5.91 Å². The summed E-state index contributed by atoms with van der Waals surface area (Å²) in [6, 6.07) is 10.9. The number of benzene rings is 1. The van der Waals surface area contributed by atoms with Crippen molar-refractivity contribution in [2.75, 3.05) is 13.1 Å². The molecule has 1 aromatic rings. The van der Waals surface area contributed by atoms with E-state index in [-0.39, 0.29) is 18.0 Å². The highest BCUT2D eigenvalue weighted by Gasteiger charge is 2.25. The molecule has 1 saturated heterocycles. The molecule has 0 unspecified atom stereocenters. The topological polar surface area (TPSA) is 58.4 Å². The maximum Gasteiger partial charge on any atom is 0.237 e. The molecule has 0 radical (unpaired) electrons. The molecular weight excluding hydrogens is 286 g/mol. The zero-order valence-electron chi connectivity index (χ0n) is 14.7. The van der Waals surface area contributed by atoms with E-state index in [1.54, 1.807) is 0 Å². The van der Waals surface area contributed by atoms with Gasteiger partial charge in [-0.25, -0.2) is 0 Å². The van der Waals surface area contributed by atoms with E-state index in [1.165, 1.54) is 5.56 Å². The van der Waals surface area contributed by atoms with Crippen LogP contribution < -0.4 is 11.1 Å². The normalized spacial score (nSPS) is 19.5. The molecule has 4 heteroatoms. The summed E-state index contributed by atoms with van der Waals surface area (Å²) in [4.78, 5) is 14.6. The Balaban J connectivity index is 1.79. The molecule has 1 fully saturated rings. The fourth-order valence-corrected chi connectivity index (χ4v) is 3.30. The molecule has 1 aliphatic heterocycles. The lowest BCUT2D eigenvalue weighted by atomic mass is 9.99. The van der Waals surface area contributed by atoms with Gasteiger partial charge in [0.25, 0.3) is 0 Å². The lowest BCUT2D eigenvalue weighted by molar-refractivity contribution is -0.123. The molecule has 23 heavy (non-hydrogen) atoms. The summed E-state index contributed by atoms with van der Waals surface area (Å²) in [5, 5.41) is 3.13. The Bertz CT molecular complexity index is 481. The number of carbonyl (C=O) groups excluding carboxylic acids is 1. The average Bonchev–Trinajstić information content (AvgIpc) is 2.55. The standard InChI is InChI=1S/C19H31N3O/c1-14(2)13-18(20)19(23)21-17-9-11-22(12-10-17)15(3)16-7-5-4-6-8-16/h4-8,14-15,17-18H,9-13,20H2,1-3H3,(H,21,23)/t15-,18-/m0/s1. The van der Waals surface area contributed by atoms with Gasteiger partial charge in [0.15, 0.2) is 0 Å². The Hall–Kier alpha value is -1.39. The molecule has 0 bridgehead atoms. The second-order valence-corrected chi connectivity index (χ2v) is 7.14. The first kappa shape index (κ1) is 18.0. The molecule has 0 aromatic heterocycles. The first-order valence-electron chi connectivity index (χ1n) is 8.82. The van der Waals surface area contributed by atoms with Crippen LogP contribution in [0.15, 0.2) is 30.3 Å². The van der Waals surface area contributed by atoms with Crippen molar-refractivity contribution in [1.82, 2.24) is 10.2 Å². The van der Waals surface area contributed by atoms with E-state index in [4.69, 9.17) is 5.73 Å². The van der Waals surface area contributed by atoms with Crippen LogP contribution in [0.2, 0.25) is 0 Å². The largest absolute Gasteiger partial charge is 0.352 e. The summed E-state index contributed by atoms with van der Waals surface area (Å²) in [7, 11) is 0. The minimum Gasteiger partial charge on any atom is -0.352 e. The van der Waals surface area contributed by atoms with Crippen LogP contribution in [0.5, 0.6) is 0 Å². The number of carbonyl (C=O) groups is 1. The van der Waals surface area contributed by atoms with Crippen LogP contribution in [0, 0.1) is 5.92 Å². The van der Waals surface area contributed by atoms with Gasteiger partial charge in [-0.15, -0.1) is 0 Å². The zero-order valence-corrected chi connectivity index (χ0v) is 14.7. The van der Waals surface area contributed by atoms with Crippen molar-refractivity contribution >= 4 is 5.91 Å². The van der Waals surface area contributed by atoms with Crippen molar-refractivity contribution in [1.29, 1.82) is 0 Å². The van der Waals surface area contributed by atoms with Gasteiger partial charge in [0, 0.05) is 25.2 Å². The fraction of sp³-hybridized carbons (Fsp3) is 0.632. The van der Waals surface area contributed by atoms with Crippen molar-refractivity contribution in [2.24, 2.45) is 11.7 Å². The zero-order chi connectivity index (χ0) is 16.8. The van der Waals surface area contributed by atoms with Gasteiger partial charge in [-0.3, -0.25) is 9.69 Å². The van der Waals surface area contributed by atoms with Gasteiger partial charge in [-0.1, -0.05) is 44.2 Å². The molecule has 1 aromatic carbocycles. The van der Waals surface area contributed by atoms with Crippen LogP contribution in [0.25, 0.3) is 0 Å². The third kappa shape index (κ3) is 5.33. The Morgan fingerprint density at radius 2 is 1.83 bits per heavy atom. The van der Waals surface area contributed by atoms with Gasteiger partial charge < -0.3 is 11.1 Å². The van der Waals surface area contributed by atoms with Crippen LogP contribution >= 0.6 is 0 Å². The number of hydrogen-bond donors (Lipinski definition) is 2. The second-order valence-electron chi connectivity index (χ2n) is 7.14. The van der Waals surface area contributed by atoms with Crippen molar-refractivity contribution in [3.8, 4) is 0 Å². The lowest BCUT2D eigenvalue weighted by Crippen LogP contribution is -2.50. The van der Waals surface area contributed by atoms with E-state index in [0.29, 0.717) is 12.0 Å². The highest BCUT2D eigenvalue weighted by Crippen LogP contribution is 2.24. The van der Waals surface area contributed by atoms with E-state index < -0.39 is 0 Å². The minimum absolute atomic E-state index is 0.00765. The summed E-state index contributed by atoms with van der Waals surface area (Å²) < 4.78 is 0. The van der Waals surface area contributed by atoms with E-state index in [1.807, 2.05) is 0 Å². The summed E-state index contributed by atoms with van der Waals surface area (Å²) >= 11 is 0. The molecule has 1 heterocycles. The first-order valence-corrected chi connectivity index (χ1v) is 8.82. The predicted molar refractivity (Wildman–Crippen MR) is 95.0 cm³/mol. The molecule has 0 saturated carbocycles. The molecule has 1 amide bonds. The third-order valence-electron chi connectivity index (χ3n) is 4.77. The monoisotopic (exact) mass is 317 g/mol. The summed E-state index contributed by atoms with van der Waals surface area (Å²) in [6.07, 6.45) is 2.74. The highest BCUT2D eigenvalue weighted by molar-refractivity contribution is 5.81. The van der Waals surface area contributed by atoms with E-state index in [9.17, 15) is 4.79 Å². The Morgan fingerprint density at radius 3 is 2.39 bits per heavy atom. The fourth-order valence-electron chi connectivity index (χ4n) is 3.30. The average molecular weight is 317 g/mol. The minimum atomic E-state index is -0.378. The second kappa shape index (κ2) is 8.46. The van der Waals surface area contributed by atoms with Gasteiger partial charge in [0.1, 0.15) is 0 Å². The van der Waals surface area contributed by atoms with Crippen molar-refractivity contribution in [3.05, 3.63) is 35.9 Å². The maximum absolute atomic E-state index is 12.1. The molecule has 2 atom stereocenters. The molecular formula is C19H31N3O. The highest BCUT2D eigenvalue weighted by atomic mass is 16.2. The number of nitrogens with one attached hydrogen (secondary N) is 1. The predicted octanol–water partition coefficient (Wildman–Crippen LogP) is 2.70. The van der Waals surface area contributed by atoms with Crippen LogP contribution in [0.1, 0.15) is 51.6 Å². The number of nitrogens with two attached hydrogens (primary N) is 1. The van der Waals surface area contributed by atoms with E-state index in [2.05, 4.69) is 61.3 Å². The van der Waals surface area contributed by atoms with Crippen LogP contribution in [-0.2, 0) is 4.79 Å². The smallest absolute Gasteiger partial charge is 0.237 e. The Labute approximate surface area is 140 Å². The van der Waals surface area contributed by atoms with Crippen molar-refractivity contribution in [3.63, 3.8) is 0 Å². The molecule has 3 N–H and O–H groups in total. The van der Waals surface area contributed by atoms with Crippen LogP contribution in [0.3, 0.4) is 0 Å². The number of hydrogen-bond acceptors (Lipinski definition) is 3. The number of rotatable bonds is 6. The third-order valence-corrected chi connectivity index (χ3v) is 4.77. The maximum atomic E-state index is 12.1. The van der Waals surface area contributed by atoms with Gasteiger partial charge in [-0.05, 0) is 37.7 Å². The SMILES string of the molecule is CC(C)C[C@H](N)C(=O)NC1CCN([C@@H](C)c2ccccc2)CC1. The molecule has 1 aliphatic rings. The van der Waals surface area contributed by atoms with Crippen LogP contribution in [0.4, 0.5) is 0 Å². The molecule has 0 spiro atoms. The van der Waals surface area contributed by atoms with Crippen LogP contribution in [-0.4, -0.2) is 36.0 Å². The Kier molecular flexibility index (Phi) is 6.60. The number of amides is 1. The van der Waals surface area contributed by atoms with Crippen molar-refractivity contribution < 1.29 is 4.79 Å². The van der Waals surface area contributed by atoms with Gasteiger partial charge >= 0.3 is 0 Å². The number of nitrogens with zero attached hydrogens (tertiary/aromatic N) is 1. The van der Waals surface area contributed by atoms with Gasteiger partial charge in [-0.2, -0.15) is 0 Å². The molecule has 4 nitrogen and oxygen atoms in total. The lowest BCUT2D eigenvalue weighted by Gasteiger charge is -2.36. The summed E-state index contributed by atoms with van der Waals surface area (Å²) in [5.41, 5.74) is 7.32. The van der Waals surface area contributed by atoms with Gasteiger partial charge in [0.05, 0.1) is 6.04 Å². The van der Waals surface area contributed by atoms with E-state index in [0.717, 1.165) is 32.4 Å². The quantitative estimate of drug-likeness (QED) is 0.848. The molecule has 2 rings (SSSR count).